The Kier molecular flexibility index (Phi) is 7.08. The van der Waals surface area contributed by atoms with Gasteiger partial charge in [-0.3, -0.25) is 0 Å². The summed E-state index contributed by atoms with van der Waals surface area (Å²) in [5.41, 5.74) is 3.56. The SMILES string of the molecule is CCCCCS(=O)(=O)c1ccc(-c2ccc(CCN3CCCC3)cc2)cc1. The third-order valence-corrected chi connectivity index (χ3v) is 7.25. The van der Waals surface area contributed by atoms with Crippen LogP contribution >= 0.6 is 0 Å². The zero-order valence-electron chi connectivity index (χ0n) is 16.4. The molecule has 1 aliphatic heterocycles. The van der Waals surface area contributed by atoms with E-state index in [1.165, 1.54) is 31.5 Å². The largest absolute Gasteiger partial charge is 0.303 e. The van der Waals surface area contributed by atoms with Crippen molar-refractivity contribution in [1.82, 2.24) is 4.90 Å². The van der Waals surface area contributed by atoms with Gasteiger partial charge in [0.25, 0.3) is 0 Å². The minimum absolute atomic E-state index is 0.242. The molecule has 3 rings (SSSR count). The van der Waals surface area contributed by atoms with E-state index in [0.29, 0.717) is 4.90 Å². The molecule has 1 aliphatic rings. The first-order valence-corrected chi connectivity index (χ1v) is 11.9. The highest BCUT2D eigenvalue weighted by molar-refractivity contribution is 7.91. The Bertz CT molecular complexity index is 804. The molecular formula is C23H31NO2S. The van der Waals surface area contributed by atoms with Crippen molar-refractivity contribution < 1.29 is 8.42 Å². The van der Waals surface area contributed by atoms with E-state index in [9.17, 15) is 8.42 Å². The summed E-state index contributed by atoms with van der Waals surface area (Å²) in [7, 11) is -3.16. The number of unbranched alkanes of at least 4 members (excludes halogenated alkanes) is 2. The van der Waals surface area contributed by atoms with Crippen molar-refractivity contribution in [3.63, 3.8) is 0 Å². The Labute approximate surface area is 164 Å². The van der Waals surface area contributed by atoms with Gasteiger partial charge in [-0.25, -0.2) is 8.42 Å². The predicted molar refractivity (Wildman–Crippen MR) is 113 cm³/mol. The minimum atomic E-state index is -3.16. The van der Waals surface area contributed by atoms with Crippen LogP contribution in [0.3, 0.4) is 0 Å². The first-order chi connectivity index (χ1) is 13.1. The van der Waals surface area contributed by atoms with E-state index in [4.69, 9.17) is 0 Å². The predicted octanol–water partition coefficient (Wildman–Crippen LogP) is 4.96. The summed E-state index contributed by atoms with van der Waals surface area (Å²) >= 11 is 0. The van der Waals surface area contributed by atoms with Gasteiger partial charge in [0, 0.05) is 6.54 Å². The maximum Gasteiger partial charge on any atom is 0.178 e. The molecule has 2 aromatic carbocycles. The van der Waals surface area contributed by atoms with Crippen molar-refractivity contribution in [3.8, 4) is 11.1 Å². The monoisotopic (exact) mass is 385 g/mol. The van der Waals surface area contributed by atoms with Crippen LogP contribution in [0.4, 0.5) is 0 Å². The highest BCUT2D eigenvalue weighted by atomic mass is 32.2. The lowest BCUT2D eigenvalue weighted by atomic mass is 10.0. The van der Waals surface area contributed by atoms with E-state index in [2.05, 4.69) is 36.1 Å². The van der Waals surface area contributed by atoms with Gasteiger partial charge in [-0.05, 0) is 67.6 Å². The van der Waals surface area contributed by atoms with Crippen LogP contribution in [0.5, 0.6) is 0 Å². The second-order valence-electron chi connectivity index (χ2n) is 7.55. The van der Waals surface area contributed by atoms with Crippen molar-refractivity contribution in [2.45, 2.75) is 50.3 Å². The number of rotatable bonds is 9. The molecule has 4 heteroatoms. The lowest BCUT2D eigenvalue weighted by molar-refractivity contribution is 0.343. The van der Waals surface area contributed by atoms with Crippen LogP contribution < -0.4 is 0 Å². The zero-order chi connectivity index (χ0) is 19.1. The van der Waals surface area contributed by atoms with Crippen molar-refractivity contribution in [2.75, 3.05) is 25.4 Å². The fourth-order valence-electron chi connectivity index (χ4n) is 3.67. The van der Waals surface area contributed by atoms with Gasteiger partial charge in [-0.15, -0.1) is 0 Å². The van der Waals surface area contributed by atoms with Crippen LogP contribution in [0.1, 0.15) is 44.6 Å². The molecule has 0 amide bonds. The van der Waals surface area contributed by atoms with Crippen molar-refractivity contribution in [1.29, 1.82) is 0 Å². The van der Waals surface area contributed by atoms with Crippen molar-refractivity contribution in [3.05, 3.63) is 54.1 Å². The van der Waals surface area contributed by atoms with Gasteiger partial charge in [0.05, 0.1) is 10.6 Å². The van der Waals surface area contributed by atoms with Gasteiger partial charge in [-0.1, -0.05) is 56.2 Å². The topological polar surface area (TPSA) is 37.4 Å². The standard InChI is InChI=1S/C23H31NO2S/c1-2-3-6-19-27(25,26)23-13-11-22(12-14-23)21-9-7-20(8-10-21)15-18-24-16-4-5-17-24/h7-14H,2-6,15-19H2,1H3. The lowest BCUT2D eigenvalue weighted by Gasteiger charge is -2.14. The Hall–Kier alpha value is -1.65. The first-order valence-electron chi connectivity index (χ1n) is 10.2. The Morgan fingerprint density at radius 1 is 0.852 bits per heavy atom. The van der Waals surface area contributed by atoms with Crippen LogP contribution in [-0.4, -0.2) is 38.7 Å². The molecule has 0 aromatic heterocycles. The van der Waals surface area contributed by atoms with E-state index in [0.717, 1.165) is 43.4 Å². The molecule has 2 aromatic rings. The third-order valence-electron chi connectivity index (χ3n) is 5.43. The highest BCUT2D eigenvalue weighted by Gasteiger charge is 2.14. The number of likely N-dealkylation sites (tertiary alicyclic amines) is 1. The number of sulfone groups is 1. The molecule has 1 saturated heterocycles. The van der Waals surface area contributed by atoms with Crippen LogP contribution in [-0.2, 0) is 16.3 Å². The normalized spacial score (nSPS) is 15.3. The van der Waals surface area contributed by atoms with Crippen LogP contribution in [0.15, 0.2) is 53.4 Å². The van der Waals surface area contributed by atoms with Gasteiger partial charge >= 0.3 is 0 Å². The minimum Gasteiger partial charge on any atom is -0.303 e. The summed E-state index contributed by atoms with van der Waals surface area (Å²) in [6.07, 6.45) is 6.49. The Morgan fingerprint density at radius 2 is 1.44 bits per heavy atom. The molecular weight excluding hydrogens is 354 g/mol. The van der Waals surface area contributed by atoms with Gasteiger partial charge in [0.2, 0.25) is 0 Å². The number of benzene rings is 2. The van der Waals surface area contributed by atoms with Crippen LogP contribution in [0.25, 0.3) is 11.1 Å². The summed E-state index contributed by atoms with van der Waals surface area (Å²) in [5.74, 6) is 0.242. The van der Waals surface area contributed by atoms with Crippen LogP contribution in [0, 0.1) is 0 Å². The average molecular weight is 386 g/mol. The molecule has 0 saturated carbocycles. The molecule has 0 bridgehead atoms. The number of hydrogen-bond donors (Lipinski definition) is 0. The molecule has 0 aliphatic carbocycles. The van der Waals surface area contributed by atoms with E-state index < -0.39 is 9.84 Å². The third kappa shape index (κ3) is 5.66. The number of hydrogen-bond acceptors (Lipinski definition) is 3. The van der Waals surface area contributed by atoms with E-state index in [-0.39, 0.29) is 5.75 Å². The van der Waals surface area contributed by atoms with Crippen molar-refractivity contribution in [2.24, 2.45) is 0 Å². The van der Waals surface area contributed by atoms with E-state index in [1.807, 2.05) is 12.1 Å². The second kappa shape index (κ2) is 9.52. The molecule has 27 heavy (non-hydrogen) atoms. The number of nitrogens with zero attached hydrogens (tertiary/aromatic N) is 1. The first kappa shape index (κ1) is 20.1. The Balaban J connectivity index is 1.61. The summed E-state index contributed by atoms with van der Waals surface area (Å²) in [4.78, 5) is 2.97. The fraction of sp³-hybridized carbons (Fsp3) is 0.478. The molecule has 0 N–H and O–H groups in total. The molecule has 0 unspecified atom stereocenters. The van der Waals surface area contributed by atoms with E-state index in [1.54, 1.807) is 12.1 Å². The average Bonchev–Trinajstić information content (AvgIpc) is 3.21. The van der Waals surface area contributed by atoms with Gasteiger partial charge < -0.3 is 4.90 Å². The summed E-state index contributed by atoms with van der Waals surface area (Å²) in [6, 6.07) is 16.0. The second-order valence-corrected chi connectivity index (χ2v) is 9.66. The molecule has 0 spiro atoms. The molecule has 1 fully saturated rings. The molecule has 146 valence electrons. The van der Waals surface area contributed by atoms with Gasteiger partial charge in [-0.2, -0.15) is 0 Å². The maximum atomic E-state index is 12.4. The fourth-order valence-corrected chi connectivity index (χ4v) is 5.04. The van der Waals surface area contributed by atoms with Crippen LogP contribution in [0.2, 0.25) is 0 Å². The maximum absolute atomic E-state index is 12.4. The quantitative estimate of drug-likeness (QED) is 0.573. The van der Waals surface area contributed by atoms with Gasteiger partial charge in [0.15, 0.2) is 9.84 Å². The molecule has 0 radical (unpaired) electrons. The summed E-state index contributed by atoms with van der Waals surface area (Å²) in [6.45, 7) is 5.71. The molecule has 1 heterocycles. The molecule has 3 nitrogen and oxygen atoms in total. The summed E-state index contributed by atoms with van der Waals surface area (Å²) in [5, 5.41) is 0. The van der Waals surface area contributed by atoms with E-state index >= 15 is 0 Å². The van der Waals surface area contributed by atoms with Gasteiger partial charge in [0.1, 0.15) is 0 Å². The summed E-state index contributed by atoms with van der Waals surface area (Å²) < 4.78 is 24.8. The Morgan fingerprint density at radius 3 is 2.04 bits per heavy atom. The van der Waals surface area contributed by atoms with Crippen molar-refractivity contribution >= 4 is 9.84 Å². The smallest absolute Gasteiger partial charge is 0.178 e. The highest BCUT2D eigenvalue weighted by Crippen LogP contribution is 2.23. The lowest BCUT2D eigenvalue weighted by Crippen LogP contribution is -2.21. The molecule has 0 atom stereocenters. The zero-order valence-corrected chi connectivity index (χ0v) is 17.2.